The second kappa shape index (κ2) is 7.98. The summed E-state index contributed by atoms with van der Waals surface area (Å²) in [7, 11) is 0. The lowest BCUT2D eigenvalue weighted by molar-refractivity contribution is -0.112. The highest BCUT2D eigenvalue weighted by atomic mass is 16.5. The second-order valence-electron chi connectivity index (χ2n) is 5.36. The molecule has 4 nitrogen and oxygen atoms in total. The Morgan fingerprint density at radius 3 is 2.46 bits per heavy atom. The zero-order chi connectivity index (χ0) is 17.5. The number of rotatable bonds is 5. The van der Waals surface area contributed by atoms with E-state index in [1.807, 2.05) is 69.3 Å². The monoisotopic (exact) mass is 320 g/mol. The third-order valence-electron chi connectivity index (χ3n) is 3.60. The van der Waals surface area contributed by atoms with Gasteiger partial charge in [-0.25, -0.2) is 0 Å². The van der Waals surface area contributed by atoms with Crippen molar-refractivity contribution in [3.63, 3.8) is 0 Å². The molecule has 2 aromatic carbocycles. The Kier molecular flexibility index (Phi) is 5.75. The van der Waals surface area contributed by atoms with E-state index in [0.717, 1.165) is 16.8 Å². The van der Waals surface area contributed by atoms with E-state index in [1.165, 1.54) is 0 Å². The predicted molar refractivity (Wildman–Crippen MR) is 95.7 cm³/mol. The van der Waals surface area contributed by atoms with E-state index in [4.69, 9.17) is 4.74 Å². The normalized spacial score (nSPS) is 10.8. The molecule has 0 aliphatic rings. The summed E-state index contributed by atoms with van der Waals surface area (Å²) >= 11 is 0. The molecule has 4 heteroatoms. The van der Waals surface area contributed by atoms with Crippen LogP contribution in [0, 0.1) is 25.2 Å². The summed E-state index contributed by atoms with van der Waals surface area (Å²) in [6.07, 6.45) is 1.55. The fourth-order valence-electron chi connectivity index (χ4n) is 2.38. The molecule has 0 aliphatic carbocycles. The number of aryl methyl sites for hydroxylation is 2. The molecule has 0 fully saturated rings. The molecule has 0 atom stereocenters. The largest absolute Gasteiger partial charge is 0.493 e. The van der Waals surface area contributed by atoms with Gasteiger partial charge in [0.2, 0.25) is 0 Å². The lowest BCUT2D eigenvalue weighted by atomic mass is 10.1. The third kappa shape index (κ3) is 4.02. The van der Waals surface area contributed by atoms with Crippen molar-refractivity contribution in [2.24, 2.45) is 0 Å². The van der Waals surface area contributed by atoms with Crippen LogP contribution in [-0.2, 0) is 4.79 Å². The minimum Gasteiger partial charge on any atom is -0.493 e. The first-order valence-electron chi connectivity index (χ1n) is 7.78. The Morgan fingerprint density at radius 1 is 1.17 bits per heavy atom. The van der Waals surface area contributed by atoms with Gasteiger partial charge in [-0.3, -0.25) is 4.79 Å². The number of para-hydroxylation sites is 2. The minimum absolute atomic E-state index is 0.0322. The van der Waals surface area contributed by atoms with Gasteiger partial charge in [-0.05, 0) is 44.0 Å². The molecule has 2 aromatic rings. The molecule has 0 heterocycles. The van der Waals surface area contributed by atoms with Crippen LogP contribution in [-0.4, -0.2) is 12.5 Å². The summed E-state index contributed by atoms with van der Waals surface area (Å²) in [4.78, 5) is 12.5. The van der Waals surface area contributed by atoms with Crippen LogP contribution in [0.4, 0.5) is 5.69 Å². The fraction of sp³-hybridized carbons (Fsp3) is 0.200. The molecule has 0 radical (unpaired) electrons. The van der Waals surface area contributed by atoms with Crippen molar-refractivity contribution in [2.45, 2.75) is 20.8 Å². The van der Waals surface area contributed by atoms with Crippen molar-refractivity contribution in [3.05, 3.63) is 64.7 Å². The summed E-state index contributed by atoms with van der Waals surface area (Å²) < 4.78 is 5.53. The number of ether oxygens (including phenoxy) is 1. The van der Waals surface area contributed by atoms with E-state index in [-0.39, 0.29) is 5.57 Å². The van der Waals surface area contributed by atoms with Gasteiger partial charge in [0, 0.05) is 11.3 Å². The maximum Gasteiger partial charge on any atom is 0.266 e. The number of nitrogens with zero attached hydrogens (tertiary/aromatic N) is 1. The summed E-state index contributed by atoms with van der Waals surface area (Å²) in [5.41, 5.74) is 3.38. The second-order valence-corrected chi connectivity index (χ2v) is 5.36. The molecule has 1 amide bonds. The van der Waals surface area contributed by atoms with Gasteiger partial charge in [0.15, 0.2) is 0 Å². The van der Waals surface area contributed by atoms with Crippen LogP contribution >= 0.6 is 0 Å². The van der Waals surface area contributed by atoms with Crippen molar-refractivity contribution in [1.29, 1.82) is 5.26 Å². The number of nitriles is 1. The van der Waals surface area contributed by atoms with E-state index in [1.54, 1.807) is 6.08 Å². The molecule has 0 aromatic heterocycles. The maximum absolute atomic E-state index is 12.5. The first-order chi connectivity index (χ1) is 11.6. The van der Waals surface area contributed by atoms with Crippen molar-refractivity contribution in [3.8, 4) is 11.8 Å². The zero-order valence-corrected chi connectivity index (χ0v) is 14.1. The van der Waals surface area contributed by atoms with Gasteiger partial charge in [-0.15, -0.1) is 0 Å². The molecule has 24 heavy (non-hydrogen) atoms. The lowest BCUT2D eigenvalue weighted by Crippen LogP contribution is -2.15. The highest BCUT2D eigenvalue weighted by Gasteiger charge is 2.13. The topological polar surface area (TPSA) is 62.1 Å². The number of amides is 1. The van der Waals surface area contributed by atoms with Gasteiger partial charge in [0.05, 0.1) is 6.61 Å². The average molecular weight is 320 g/mol. The molecule has 122 valence electrons. The molecule has 0 saturated heterocycles. The zero-order valence-electron chi connectivity index (χ0n) is 14.1. The number of benzene rings is 2. The highest BCUT2D eigenvalue weighted by Crippen LogP contribution is 2.23. The first kappa shape index (κ1) is 17.3. The molecule has 0 unspecified atom stereocenters. The Labute approximate surface area is 142 Å². The van der Waals surface area contributed by atoms with Crippen LogP contribution in [0.3, 0.4) is 0 Å². The molecule has 0 spiro atoms. The molecular weight excluding hydrogens is 300 g/mol. The van der Waals surface area contributed by atoms with Gasteiger partial charge >= 0.3 is 0 Å². The van der Waals surface area contributed by atoms with Crippen molar-refractivity contribution >= 4 is 17.7 Å². The number of hydrogen-bond donors (Lipinski definition) is 1. The minimum atomic E-state index is -0.429. The Balaban J connectivity index is 2.32. The summed E-state index contributed by atoms with van der Waals surface area (Å²) in [5, 5.41) is 12.2. The van der Waals surface area contributed by atoms with Crippen LogP contribution in [0.5, 0.6) is 5.75 Å². The lowest BCUT2D eigenvalue weighted by Gasteiger charge is -2.11. The molecule has 0 bridgehead atoms. The van der Waals surface area contributed by atoms with E-state index < -0.39 is 5.91 Å². The summed E-state index contributed by atoms with van der Waals surface area (Å²) in [6.45, 7) is 6.24. The number of anilines is 1. The maximum atomic E-state index is 12.5. The standard InChI is InChI=1S/C20H20N2O2/c1-4-24-18-11-6-5-10-16(18)12-17(13-21)20(23)22-19-14(2)8-7-9-15(19)3/h5-12H,4H2,1-3H3,(H,22,23)/b17-12+. The SMILES string of the molecule is CCOc1ccccc1/C=C(\C#N)C(=O)Nc1c(C)cccc1C. The Hall–Kier alpha value is -3.06. The van der Waals surface area contributed by atoms with Gasteiger partial charge in [0.25, 0.3) is 5.91 Å². The van der Waals surface area contributed by atoms with Gasteiger partial charge in [-0.1, -0.05) is 36.4 Å². The molecular formula is C20H20N2O2. The van der Waals surface area contributed by atoms with Crippen molar-refractivity contribution in [2.75, 3.05) is 11.9 Å². The van der Waals surface area contributed by atoms with Gasteiger partial charge in [0.1, 0.15) is 17.4 Å². The number of carbonyl (C=O) groups excluding carboxylic acids is 1. The highest BCUT2D eigenvalue weighted by molar-refractivity contribution is 6.10. The van der Waals surface area contributed by atoms with E-state index in [2.05, 4.69) is 5.32 Å². The first-order valence-corrected chi connectivity index (χ1v) is 7.78. The van der Waals surface area contributed by atoms with Crippen LogP contribution in [0.25, 0.3) is 6.08 Å². The van der Waals surface area contributed by atoms with Crippen LogP contribution in [0.15, 0.2) is 48.0 Å². The average Bonchev–Trinajstić information content (AvgIpc) is 2.57. The van der Waals surface area contributed by atoms with E-state index in [9.17, 15) is 10.1 Å². The van der Waals surface area contributed by atoms with Crippen LogP contribution < -0.4 is 10.1 Å². The van der Waals surface area contributed by atoms with Crippen LogP contribution in [0.1, 0.15) is 23.6 Å². The predicted octanol–water partition coefficient (Wildman–Crippen LogP) is 4.25. The summed E-state index contributed by atoms with van der Waals surface area (Å²) in [6, 6.07) is 15.1. The van der Waals surface area contributed by atoms with E-state index in [0.29, 0.717) is 17.9 Å². The number of nitrogens with one attached hydrogen (secondary N) is 1. The summed E-state index contributed by atoms with van der Waals surface area (Å²) in [5.74, 6) is 0.217. The van der Waals surface area contributed by atoms with Gasteiger partial charge in [-0.2, -0.15) is 5.26 Å². The smallest absolute Gasteiger partial charge is 0.266 e. The van der Waals surface area contributed by atoms with Crippen molar-refractivity contribution in [1.82, 2.24) is 0 Å². The fourth-order valence-corrected chi connectivity index (χ4v) is 2.38. The Bertz CT molecular complexity index is 796. The molecule has 1 N–H and O–H groups in total. The number of carbonyl (C=O) groups is 1. The van der Waals surface area contributed by atoms with Crippen LogP contribution in [0.2, 0.25) is 0 Å². The van der Waals surface area contributed by atoms with Crippen molar-refractivity contribution < 1.29 is 9.53 Å². The number of hydrogen-bond acceptors (Lipinski definition) is 3. The quantitative estimate of drug-likeness (QED) is 0.662. The third-order valence-corrected chi connectivity index (χ3v) is 3.60. The molecule has 0 saturated carbocycles. The Morgan fingerprint density at radius 2 is 1.83 bits per heavy atom. The molecule has 2 rings (SSSR count). The van der Waals surface area contributed by atoms with Gasteiger partial charge < -0.3 is 10.1 Å². The van der Waals surface area contributed by atoms with E-state index >= 15 is 0 Å². The molecule has 0 aliphatic heterocycles.